The van der Waals surface area contributed by atoms with Crippen LogP contribution in [0.1, 0.15) is 25.5 Å². The van der Waals surface area contributed by atoms with E-state index in [0.29, 0.717) is 25.1 Å². The molecule has 19 heavy (non-hydrogen) atoms. The van der Waals surface area contributed by atoms with Gasteiger partial charge in [-0.3, -0.25) is 0 Å². The molecule has 2 N–H and O–H groups in total. The number of likely N-dealkylation sites (tertiary alicyclic amines) is 1. The maximum Gasteiger partial charge on any atom is 0.329 e. The number of aromatic nitrogens is 2. The van der Waals surface area contributed by atoms with E-state index in [1.165, 1.54) is 4.90 Å². The van der Waals surface area contributed by atoms with Gasteiger partial charge in [0, 0.05) is 12.7 Å². The summed E-state index contributed by atoms with van der Waals surface area (Å²) in [6.07, 6.45) is 2.72. The van der Waals surface area contributed by atoms with Crippen LogP contribution in [-0.2, 0) is 11.3 Å². The minimum Gasteiger partial charge on any atom is -0.480 e. The summed E-state index contributed by atoms with van der Waals surface area (Å²) in [5, 5.41) is 19.5. The summed E-state index contributed by atoms with van der Waals surface area (Å²) in [4.78, 5) is 24.7. The van der Waals surface area contributed by atoms with Gasteiger partial charge in [0.2, 0.25) is 0 Å². The van der Waals surface area contributed by atoms with Gasteiger partial charge in [0.1, 0.15) is 5.54 Å². The number of aliphatic carboxylic acids is 1. The third-order valence-corrected chi connectivity index (χ3v) is 3.40. The molecule has 1 unspecified atom stereocenters. The summed E-state index contributed by atoms with van der Waals surface area (Å²) in [5.74, 6) is -0.973. The lowest BCUT2D eigenvalue weighted by atomic mass is 10.00. The summed E-state index contributed by atoms with van der Waals surface area (Å²) in [6.45, 7) is 2.26. The van der Waals surface area contributed by atoms with Crippen LogP contribution in [0, 0.1) is 0 Å². The molecule has 1 fully saturated rings. The second-order valence-corrected chi connectivity index (χ2v) is 4.71. The highest BCUT2D eigenvalue weighted by Gasteiger charge is 2.45. The molecule has 0 aliphatic carbocycles. The highest BCUT2D eigenvalue weighted by molar-refractivity contribution is 5.86. The number of nitrogens with one attached hydrogen (secondary N) is 1. The van der Waals surface area contributed by atoms with Crippen LogP contribution in [0.5, 0.6) is 0 Å². The molecule has 0 aromatic carbocycles. The van der Waals surface area contributed by atoms with Gasteiger partial charge in [0.15, 0.2) is 0 Å². The molecule has 0 bridgehead atoms. The van der Waals surface area contributed by atoms with Crippen molar-refractivity contribution in [2.45, 2.75) is 31.8 Å². The van der Waals surface area contributed by atoms with Gasteiger partial charge in [-0.05, 0) is 31.9 Å². The molecule has 0 radical (unpaired) electrons. The van der Waals surface area contributed by atoms with Gasteiger partial charge in [0.05, 0.1) is 12.2 Å². The number of carbonyl (C=O) groups excluding carboxylic acids is 1. The van der Waals surface area contributed by atoms with Gasteiger partial charge in [-0.25, -0.2) is 9.59 Å². The molecular formula is C12H16N4O3. The third kappa shape index (κ3) is 2.64. The van der Waals surface area contributed by atoms with E-state index in [1.54, 1.807) is 25.3 Å². The van der Waals surface area contributed by atoms with Crippen LogP contribution in [0.25, 0.3) is 0 Å². The summed E-state index contributed by atoms with van der Waals surface area (Å²) < 4.78 is 0. The van der Waals surface area contributed by atoms with Crippen molar-refractivity contribution >= 4 is 12.0 Å². The number of hydrogen-bond acceptors (Lipinski definition) is 4. The van der Waals surface area contributed by atoms with Gasteiger partial charge in [-0.1, -0.05) is 0 Å². The van der Waals surface area contributed by atoms with Gasteiger partial charge in [-0.15, -0.1) is 0 Å². The van der Waals surface area contributed by atoms with Crippen LogP contribution in [0.4, 0.5) is 4.79 Å². The Bertz CT molecular complexity index is 479. The van der Waals surface area contributed by atoms with Crippen LogP contribution < -0.4 is 5.32 Å². The molecular weight excluding hydrogens is 248 g/mol. The Hall–Kier alpha value is -2.18. The second-order valence-electron chi connectivity index (χ2n) is 4.71. The third-order valence-electron chi connectivity index (χ3n) is 3.40. The van der Waals surface area contributed by atoms with E-state index in [2.05, 4.69) is 15.5 Å². The fourth-order valence-electron chi connectivity index (χ4n) is 2.20. The Labute approximate surface area is 110 Å². The van der Waals surface area contributed by atoms with E-state index in [1.807, 2.05) is 0 Å². The van der Waals surface area contributed by atoms with Crippen molar-refractivity contribution in [3.05, 3.63) is 24.0 Å². The first-order valence-corrected chi connectivity index (χ1v) is 6.09. The Morgan fingerprint density at radius 2 is 2.37 bits per heavy atom. The van der Waals surface area contributed by atoms with Crippen molar-refractivity contribution in [3.8, 4) is 0 Å². The quantitative estimate of drug-likeness (QED) is 0.834. The van der Waals surface area contributed by atoms with Crippen molar-refractivity contribution in [1.29, 1.82) is 0 Å². The van der Waals surface area contributed by atoms with Crippen molar-refractivity contribution in [3.63, 3.8) is 0 Å². The standard InChI is InChI=1S/C12H16N4O3/c1-12(10(17)18)5-3-7-16(12)11(19)13-8-9-4-2-6-14-15-9/h2,4,6H,3,5,7-8H2,1H3,(H,13,19)(H,17,18). The number of rotatable bonds is 3. The molecule has 1 atom stereocenters. The molecule has 0 spiro atoms. The Morgan fingerprint density at radius 1 is 1.58 bits per heavy atom. The number of urea groups is 1. The predicted molar refractivity (Wildman–Crippen MR) is 66.2 cm³/mol. The average Bonchev–Trinajstić information content (AvgIpc) is 2.81. The largest absolute Gasteiger partial charge is 0.480 e. The van der Waals surface area contributed by atoms with E-state index >= 15 is 0 Å². The first-order valence-electron chi connectivity index (χ1n) is 6.09. The molecule has 1 aliphatic rings. The molecule has 0 saturated carbocycles. The van der Waals surface area contributed by atoms with E-state index in [0.717, 1.165) is 0 Å². The number of nitrogens with zero attached hydrogens (tertiary/aromatic N) is 3. The van der Waals surface area contributed by atoms with Gasteiger partial charge in [0.25, 0.3) is 0 Å². The highest BCUT2D eigenvalue weighted by Crippen LogP contribution is 2.29. The molecule has 1 aromatic heterocycles. The average molecular weight is 264 g/mol. The van der Waals surface area contributed by atoms with Crippen molar-refractivity contribution < 1.29 is 14.7 Å². The topological polar surface area (TPSA) is 95.4 Å². The first-order chi connectivity index (χ1) is 9.04. The van der Waals surface area contributed by atoms with Crippen molar-refractivity contribution in [2.24, 2.45) is 0 Å². The zero-order valence-electron chi connectivity index (χ0n) is 10.7. The molecule has 1 aliphatic heterocycles. The van der Waals surface area contributed by atoms with E-state index in [4.69, 9.17) is 0 Å². The predicted octanol–water partition coefficient (Wildman–Crippen LogP) is 0.625. The lowest BCUT2D eigenvalue weighted by Gasteiger charge is -2.31. The van der Waals surface area contributed by atoms with Crippen LogP contribution in [0.15, 0.2) is 18.3 Å². The molecule has 2 rings (SSSR count). The van der Waals surface area contributed by atoms with Crippen LogP contribution in [0.3, 0.4) is 0 Å². The van der Waals surface area contributed by atoms with Gasteiger partial charge >= 0.3 is 12.0 Å². The molecule has 2 heterocycles. The number of carbonyl (C=O) groups is 2. The normalized spacial score (nSPS) is 22.3. The fraction of sp³-hybridized carbons (Fsp3) is 0.500. The van der Waals surface area contributed by atoms with Crippen LogP contribution in [-0.4, -0.2) is 44.3 Å². The summed E-state index contributed by atoms with van der Waals surface area (Å²) in [6, 6.07) is 3.09. The fourth-order valence-corrected chi connectivity index (χ4v) is 2.20. The van der Waals surface area contributed by atoms with Gasteiger partial charge in [-0.2, -0.15) is 10.2 Å². The Kier molecular flexibility index (Phi) is 3.64. The van der Waals surface area contributed by atoms with E-state index < -0.39 is 11.5 Å². The summed E-state index contributed by atoms with van der Waals surface area (Å²) in [7, 11) is 0. The van der Waals surface area contributed by atoms with Gasteiger partial charge < -0.3 is 15.3 Å². The zero-order valence-corrected chi connectivity index (χ0v) is 10.7. The lowest BCUT2D eigenvalue weighted by molar-refractivity contribution is -0.147. The minimum absolute atomic E-state index is 0.235. The summed E-state index contributed by atoms with van der Waals surface area (Å²) >= 11 is 0. The van der Waals surface area contributed by atoms with Crippen LogP contribution >= 0.6 is 0 Å². The smallest absolute Gasteiger partial charge is 0.329 e. The molecule has 102 valence electrons. The molecule has 2 amide bonds. The van der Waals surface area contributed by atoms with E-state index in [9.17, 15) is 14.7 Å². The van der Waals surface area contributed by atoms with Crippen molar-refractivity contribution in [1.82, 2.24) is 20.4 Å². The van der Waals surface area contributed by atoms with Crippen LogP contribution in [0.2, 0.25) is 0 Å². The first kappa shape index (κ1) is 13.3. The van der Waals surface area contributed by atoms with E-state index in [-0.39, 0.29) is 12.6 Å². The number of carboxylic acids is 1. The number of carboxylic acid groups (broad SMARTS) is 1. The SMILES string of the molecule is CC1(C(=O)O)CCCN1C(=O)NCc1cccnn1. The summed E-state index contributed by atoms with van der Waals surface area (Å²) in [5.41, 5.74) is -0.487. The number of amides is 2. The van der Waals surface area contributed by atoms with Crippen molar-refractivity contribution in [2.75, 3.05) is 6.54 Å². The molecule has 7 nitrogen and oxygen atoms in total. The Balaban J connectivity index is 1.98. The maximum atomic E-state index is 12.0. The molecule has 1 aromatic rings. The lowest BCUT2D eigenvalue weighted by Crippen LogP contribution is -2.53. The zero-order chi connectivity index (χ0) is 13.9. The monoisotopic (exact) mass is 264 g/mol. The highest BCUT2D eigenvalue weighted by atomic mass is 16.4. The second kappa shape index (κ2) is 5.21. The Morgan fingerprint density at radius 3 is 3.00 bits per heavy atom. The molecule has 7 heteroatoms. The minimum atomic E-state index is -1.12. The maximum absolute atomic E-state index is 12.0. The molecule has 1 saturated heterocycles. The number of hydrogen-bond donors (Lipinski definition) is 2.